The fourth-order valence-corrected chi connectivity index (χ4v) is 4.41. The quantitative estimate of drug-likeness (QED) is 0.526. The molecule has 0 spiro atoms. The Morgan fingerprint density at radius 2 is 1.95 bits per heavy atom. The Balaban J connectivity index is 2.41. The Labute approximate surface area is 147 Å². The number of hydrogen-bond donors (Lipinski definition) is 1. The molecule has 0 fully saturated rings. The normalized spacial score (nSPS) is 12.7. The minimum Gasteiger partial charge on any atom is -0.306 e. The van der Waals surface area contributed by atoms with E-state index in [9.17, 15) is 0 Å². The third-order valence-corrected chi connectivity index (χ3v) is 7.19. The molecule has 0 amide bonds. The van der Waals surface area contributed by atoms with Crippen molar-refractivity contribution in [2.24, 2.45) is 0 Å². The summed E-state index contributed by atoms with van der Waals surface area (Å²) in [5.74, 6) is 0. The van der Waals surface area contributed by atoms with Crippen molar-refractivity contribution in [3.8, 4) is 0 Å². The molecule has 1 nitrogen and oxygen atoms in total. The number of halogens is 4. The first kappa shape index (κ1) is 16.0. The van der Waals surface area contributed by atoms with Gasteiger partial charge in [-0.1, -0.05) is 24.6 Å². The Kier molecular flexibility index (Phi) is 5.93. The van der Waals surface area contributed by atoms with Crippen LogP contribution < -0.4 is 5.32 Å². The van der Waals surface area contributed by atoms with Crippen molar-refractivity contribution in [3.05, 3.63) is 52.5 Å². The summed E-state index contributed by atoms with van der Waals surface area (Å²) in [5.41, 5.74) is 1.16. The topological polar surface area (TPSA) is 12.0 Å². The summed E-state index contributed by atoms with van der Waals surface area (Å²) in [6.07, 6.45) is 0. The van der Waals surface area contributed by atoms with Crippen molar-refractivity contribution in [1.29, 1.82) is 0 Å². The van der Waals surface area contributed by atoms with E-state index < -0.39 is 0 Å². The molecule has 0 aliphatic carbocycles. The van der Waals surface area contributed by atoms with Crippen LogP contribution in [-0.2, 0) is 0 Å². The second-order valence-electron chi connectivity index (χ2n) is 3.93. The lowest BCUT2D eigenvalue weighted by Gasteiger charge is -2.17. The van der Waals surface area contributed by atoms with E-state index >= 15 is 0 Å². The van der Waals surface area contributed by atoms with Crippen molar-refractivity contribution < 1.29 is 0 Å². The number of nitrogens with one attached hydrogen (secondary N) is 1. The van der Waals surface area contributed by atoms with Crippen molar-refractivity contribution in [2.75, 3.05) is 6.54 Å². The van der Waals surface area contributed by atoms with Crippen LogP contribution in [0.1, 0.15) is 23.4 Å². The van der Waals surface area contributed by atoms with Gasteiger partial charge in [-0.25, -0.2) is 0 Å². The summed E-state index contributed by atoms with van der Waals surface area (Å²) in [7, 11) is 0. The first-order chi connectivity index (χ1) is 9.02. The summed E-state index contributed by atoms with van der Waals surface area (Å²) in [6.45, 7) is 3.00. The lowest BCUT2D eigenvalue weighted by molar-refractivity contribution is 0.639. The van der Waals surface area contributed by atoms with Gasteiger partial charge in [-0.2, -0.15) is 0 Å². The van der Waals surface area contributed by atoms with Gasteiger partial charge in [-0.05, 0) is 78.1 Å². The van der Waals surface area contributed by atoms with Crippen LogP contribution in [0.3, 0.4) is 0 Å². The molecule has 1 atom stereocenters. The highest BCUT2D eigenvalue weighted by atomic mass is 79.9. The van der Waals surface area contributed by atoms with Gasteiger partial charge in [-0.15, -0.1) is 11.3 Å². The van der Waals surface area contributed by atoms with Crippen LogP contribution in [0.2, 0.25) is 5.02 Å². The Morgan fingerprint density at radius 3 is 2.47 bits per heavy atom. The zero-order valence-corrected chi connectivity index (χ0v) is 16.3. The molecule has 0 aliphatic heterocycles. The van der Waals surface area contributed by atoms with Crippen LogP contribution >= 0.6 is 70.7 Å². The van der Waals surface area contributed by atoms with Gasteiger partial charge >= 0.3 is 0 Å². The summed E-state index contributed by atoms with van der Waals surface area (Å²) in [5, 5.41) is 4.23. The molecule has 2 aromatic rings. The molecular formula is C13H11Br3ClNS. The van der Waals surface area contributed by atoms with E-state index in [1.165, 1.54) is 4.88 Å². The molecule has 1 aromatic carbocycles. The molecule has 1 unspecified atom stereocenters. The van der Waals surface area contributed by atoms with E-state index in [2.05, 4.69) is 72.2 Å². The third-order valence-electron chi connectivity index (χ3n) is 2.63. The largest absolute Gasteiger partial charge is 0.306 e. The zero-order valence-electron chi connectivity index (χ0n) is 10.0. The van der Waals surface area contributed by atoms with Crippen molar-refractivity contribution >= 4 is 70.7 Å². The van der Waals surface area contributed by atoms with E-state index in [1.807, 2.05) is 12.1 Å². The summed E-state index contributed by atoms with van der Waals surface area (Å²) in [6, 6.07) is 8.37. The SMILES string of the molecule is CCNC(c1ccc(Br)c(Cl)c1)c1cc(Br)c(Br)s1. The molecular weight excluding hydrogens is 477 g/mol. The maximum atomic E-state index is 6.19. The number of benzene rings is 1. The Bertz CT molecular complexity index is 566. The van der Waals surface area contributed by atoms with E-state index in [0.717, 1.165) is 29.9 Å². The second kappa shape index (κ2) is 7.05. The first-order valence-corrected chi connectivity index (χ1v) is 9.23. The molecule has 1 aromatic heterocycles. The summed E-state index contributed by atoms with van der Waals surface area (Å²) < 4.78 is 3.11. The van der Waals surface area contributed by atoms with E-state index in [-0.39, 0.29) is 6.04 Å². The third kappa shape index (κ3) is 3.83. The predicted octanol–water partition coefficient (Wildman–Crippen LogP) is 6.39. The van der Waals surface area contributed by atoms with Gasteiger partial charge in [0.2, 0.25) is 0 Å². The molecule has 0 saturated carbocycles. The molecule has 0 saturated heterocycles. The molecule has 1 N–H and O–H groups in total. The van der Waals surface area contributed by atoms with Crippen LogP contribution in [0.25, 0.3) is 0 Å². The van der Waals surface area contributed by atoms with Gasteiger partial charge in [0.1, 0.15) is 0 Å². The summed E-state index contributed by atoms with van der Waals surface area (Å²) >= 11 is 18.4. The average molecular weight is 488 g/mol. The van der Waals surface area contributed by atoms with Gasteiger partial charge < -0.3 is 5.32 Å². The maximum Gasteiger partial charge on any atom is 0.0843 e. The molecule has 102 valence electrons. The lowest BCUT2D eigenvalue weighted by Crippen LogP contribution is -2.21. The van der Waals surface area contributed by atoms with E-state index in [4.69, 9.17) is 11.6 Å². The zero-order chi connectivity index (χ0) is 14.0. The Hall–Kier alpha value is 0.610. The van der Waals surface area contributed by atoms with Crippen molar-refractivity contribution in [3.63, 3.8) is 0 Å². The highest BCUT2D eigenvalue weighted by Gasteiger charge is 2.17. The van der Waals surface area contributed by atoms with Crippen molar-refractivity contribution in [1.82, 2.24) is 5.32 Å². The van der Waals surface area contributed by atoms with Crippen LogP contribution in [-0.4, -0.2) is 6.54 Å². The van der Waals surface area contributed by atoms with Crippen molar-refractivity contribution in [2.45, 2.75) is 13.0 Å². The molecule has 0 bridgehead atoms. The first-order valence-electron chi connectivity index (χ1n) is 5.66. The maximum absolute atomic E-state index is 6.19. The second-order valence-corrected chi connectivity index (χ2v) is 8.45. The Morgan fingerprint density at radius 1 is 1.21 bits per heavy atom. The molecule has 1 heterocycles. The minimum absolute atomic E-state index is 0.156. The number of hydrogen-bond acceptors (Lipinski definition) is 2. The van der Waals surface area contributed by atoms with Crippen LogP contribution in [0.15, 0.2) is 37.0 Å². The van der Waals surface area contributed by atoms with Gasteiger partial charge in [0.25, 0.3) is 0 Å². The van der Waals surface area contributed by atoms with Crippen LogP contribution in [0.5, 0.6) is 0 Å². The standard InChI is InChI=1S/C13H11Br3ClNS/c1-2-18-12(11-6-9(15)13(16)19-11)7-3-4-8(14)10(17)5-7/h3-6,12,18H,2H2,1H3. The van der Waals surface area contributed by atoms with Crippen LogP contribution in [0, 0.1) is 0 Å². The fourth-order valence-electron chi connectivity index (χ4n) is 1.78. The smallest absolute Gasteiger partial charge is 0.0843 e. The fraction of sp³-hybridized carbons (Fsp3) is 0.231. The van der Waals surface area contributed by atoms with Gasteiger partial charge in [-0.3, -0.25) is 0 Å². The summed E-state index contributed by atoms with van der Waals surface area (Å²) in [4.78, 5) is 1.25. The van der Waals surface area contributed by atoms with Gasteiger partial charge in [0.15, 0.2) is 0 Å². The van der Waals surface area contributed by atoms with E-state index in [0.29, 0.717) is 0 Å². The molecule has 19 heavy (non-hydrogen) atoms. The number of thiophene rings is 1. The molecule has 2 rings (SSSR count). The lowest BCUT2D eigenvalue weighted by atomic mass is 10.1. The van der Waals surface area contributed by atoms with Gasteiger partial charge in [0.05, 0.1) is 14.9 Å². The molecule has 0 aliphatic rings. The highest BCUT2D eigenvalue weighted by Crippen LogP contribution is 2.38. The van der Waals surface area contributed by atoms with E-state index in [1.54, 1.807) is 11.3 Å². The minimum atomic E-state index is 0.156. The number of rotatable bonds is 4. The molecule has 0 radical (unpaired) electrons. The van der Waals surface area contributed by atoms with Crippen LogP contribution in [0.4, 0.5) is 0 Å². The average Bonchev–Trinajstić information content (AvgIpc) is 2.70. The monoisotopic (exact) mass is 485 g/mol. The highest BCUT2D eigenvalue weighted by molar-refractivity contribution is 9.13. The predicted molar refractivity (Wildman–Crippen MR) is 94.4 cm³/mol. The molecule has 6 heteroatoms. The van der Waals surface area contributed by atoms with Gasteiger partial charge in [0, 0.05) is 13.8 Å².